The van der Waals surface area contributed by atoms with Crippen LogP contribution in [0.2, 0.25) is 0 Å². The lowest BCUT2D eigenvalue weighted by Crippen LogP contribution is -2.45. The van der Waals surface area contributed by atoms with Gasteiger partial charge in [0.15, 0.2) is 5.65 Å². The first-order valence-electron chi connectivity index (χ1n) is 10.8. The molecule has 1 aliphatic rings. The van der Waals surface area contributed by atoms with Crippen LogP contribution in [0.4, 0.5) is 10.2 Å². The lowest BCUT2D eigenvalue weighted by Gasteiger charge is -2.33. The van der Waals surface area contributed by atoms with Crippen LogP contribution < -0.4 is 4.90 Å². The average molecular weight is 426 g/mol. The molecule has 0 amide bonds. The Morgan fingerprint density at radius 1 is 0.906 bits per heavy atom. The summed E-state index contributed by atoms with van der Waals surface area (Å²) >= 11 is 0. The van der Waals surface area contributed by atoms with Crippen LogP contribution in [0.25, 0.3) is 38.9 Å². The third-order valence-electron chi connectivity index (χ3n) is 6.25. The van der Waals surface area contributed by atoms with E-state index >= 15 is 0 Å². The van der Waals surface area contributed by atoms with Crippen molar-refractivity contribution in [1.82, 2.24) is 24.5 Å². The molecule has 0 bridgehead atoms. The van der Waals surface area contributed by atoms with Crippen molar-refractivity contribution in [3.05, 3.63) is 72.8 Å². The van der Waals surface area contributed by atoms with Crippen molar-refractivity contribution in [2.24, 2.45) is 0 Å². The van der Waals surface area contributed by atoms with E-state index in [4.69, 9.17) is 10.1 Å². The molecule has 7 heteroatoms. The van der Waals surface area contributed by atoms with Gasteiger partial charge in [-0.15, -0.1) is 5.10 Å². The lowest BCUT2D eigenvalue weighted by atomic mass is 10.1. The van der Waals surface area contributed by atoms with E-state index in [0.717, 1.165) is 65.5 Å². The number of fused-ring (bicyclic) bond motifs is 2. The van der Waals surface area contributed by atoms with Crippen LogP contribution in [-0.2, 0) is 0 Å². The summed E-state index contributed by atoms with van der Waals surface area (Å²) in [6, 6.07) is 17.1. The maximum absolute atomic E-state index is 13.4. The summed E-state index contributed by atoms with van der Waals surface area (Å²) in [7, 11) is 2.15. The number of aromatic nitrogens is 4. The molecule has 32 heavy (non-hydrogen) atoms. The summed E-state index contributed by atoms with van der Waals surface area (Å²) in [6.07, 6.45) is 3.88. The van der Waals surface area contributed by atoms with E-state index in [1.807, 2.05) is 16.9 Å². The summed E-state index contributed by atoms with van der Waals surface area (Å²) in [5.41, 5.74) is 5.62. The van der Waals surface area contributed by atoms with Gasteiger partial charge >= 0.3 is 0 Å². The van der Waals surface area contributed by atoms with Gasteiger partial charge in [-0.2, -0.15) is 0 Å². The fraction of sp³-hybridized carbons (Fsp3) is 0.200. The third kappa shape index (κ3) is 3.31. The highest BCUT2D eigenvalue weighted by Crippen LogP contribution is 2.31. The molecule has 160 valence electrons. The quantitative estimate of drug-likeness (QED) is 0.464. The van der Waals surface area contributed by atoms with Gasteiger partial charge in [-0.25, -0.2) is 13.9 Å². The zero-order valence-corrected chi connectivity index (χ0v) is 17.8. The molecule has 1 fully saturated rings. The zero-order valence-electron chi connectivity index (χ0n) is 17.8. The summed E-state index contributed by atoms with van der Waals surface area (Å²) in [6.45, 7) is 3.88. The molecule has 0 saturated carbocycles. The summed E-state index contributed by atoms with van der Waals surface area (Å²) in [5, 5.41) is 6.08. The maximum Gasteiger partial charge on any atom is 0.162 e. The highest BCUT2D eigenvalue weighted by molar-refractivity contribution is 5.89. The number of nitrogens with zero attached hydrogens (tertiary/aromatic N) is 5. The van der Waals surface area contributed by atoms with Gasteiger partial charge in [0.25, 0.3) is 0 Å². The number of nitrogens with one attached hydrogen (secondary N) is 1. The van der Waals surface area contributed by atoms with Gasteiger partial charge < -0.3 is 14.8 Å². The summed E-state index contributed by atoms with van der Waals surface area (Å²) in [5.74, 6) is 0.683. The number of likely N-dealkylation sites (N-methyl/N-ethyl adjacent to an activating group) is 1. The van der Waals surface area contributed by atoms with Crippen molar-refractivity contribution in [3.8, 4) is 22.4 Å². The fourth-order valence-corrected chi connectivity index (χ4v) is 4.34. The molecule has 6 nitrogen and oxygen atoms in total. The number of piperazine rings is 1. The minimum absolute atomic E-state index is 0.257. The Morgan fingerprint density at radius 3 is 2.50 bits per heavy atom. The molecular weight excluding hydrogens is 403 g/mol. The second-order valence-corrected chi connectivity index (χ2v) is 8.39. The van der Waals surface area contributed by atoms with Crippen LogP contribution in [0.1, 0.15) is 0 Å². The molecule has 4 heterocycles. The molecule has 6 rings (SSSR count). The van der Waals surface area contributed by atoms with Gasteiger partial charge in [0.1, 0.15) is 11.6 Å². The van der Waals surface area contributed by atoms with Gasteiger partial charge in [-0.1, -0.05) is 12.1 Å². The molecule has 0 aliphatic carbocycles. The Kier molecular flexibility index (Phi) is 4.43. The molecule has 2 aromatic carbocycles. The first kappa shape index (κ1) is 19.0. The van der Waals surface area contributed by atoms with E-state index < -0.39 is 0 Å². The van der Waals surface area contributed by atoms with E-state index in [-0.39, 0.29) is 5.82 Å². The monoisotopic (exact) mass is 426 g/mol. The number of halogens is 1. The number of anilines is 1. The second-order valence-electron chi connectivity index (χ2n) is 8.39. The number of hydrogen-bond acceptors (Lipinski definition) is 4. The van der Waals surface area contributed by atoms with E-state index in [0.29, 0.717) is 0 Å². The van der Waals surface area contributed by atoms with E-state index in [2.05, 4.69) is 52.2 Å². The Hall–Kier alpha value is -3.71. The number of H-pyrrole nitrogens is 1. The average Bonchev–Trinajstić information content (AvgIpc) is 3.46. The predicted molar refractivity (Wildman–Crippen MR) is 125 cm³/mol. The fourth-order valence-electron chi connectivity index (χ4n) is 4.34. The van der Waals surface area contributed by atoms with Gasteiger partial charge in [-0.3, -0.25) is 0 Å². The zero-order chi connectivity index (χ0) is 21.7. The first-order valence-corrected chi connectivity index (χ1v) is 10.8. The number of benzene rings is 2. The number of imidazole rings is 1. The predicted octanol–water partition coefficient (Wildman–Crippen LogP) is 4.44. The van der Waals surface area contributed by atoms with E-state index in [9.17, 15) is 4.39 Å². The van der Waals surface area contributed by atoms with Crippen LogP contribution in [0.15, 0.2) is 67.0 Å². The van der Waals surface area contributed by atoms with Crippen LogP contribution in [0.5, 0.6) is 0 Å². The van der Waals surface area contributed by atoms with E-state index in [1.165, 1.54) is 17.5 Å². The summed E-state index contributed by atoms with van der Waals surface area (Å²) < 4.78 is 15.3. The largest absolute Gasteiger partial charge is 0.361 e. The van der Waals surface area contributed by atoms with Crippen molar-refractivity contribution < 1.29 is 4.39 Å². The van der Waals surface area contributed by atoms with Crippen LogP contribution in [0.3, 0.4) is 0 Å². The summed E-state index contributed by atoms with van der Waals surface area (Å²) in [4.78, 5) is 12.9. The molecule has 1 saturated heterocycles. The standard InChI is InChI=1S/C25H23FN6/c1-30-10-12-31(13-11-30)24-15-21(19-3-2-18-8-9-27-22(18)14-19)25-28-23(16-32(25)29-24)17-4-6-20(26)7-5-17/h2-9,14-16,27H,10-13H2,1H3. The normalized spacial score (nSPS) is 15.1. The van der Waals surface area contributed by atoms with Gasteiger partial charge in [0, 0.05) is 49.0 Å². The van der Waals surface area contributed by atoms with Crippen LogP contribution in [0, 0.1) is 5.82 Å². The minimum Gasteiger partial charge on any atom is -0.361 e. The Balaban J connectivity index is 1.53. The van der Waals surface area contributed by atoms with Crippen molar-refractivity contribution in [2.45, 2.75) is 0 Å². The molecule has 0 radical (unpaired) electrons. The number of hydrogen-bond donors (Lipinski definition) is 1. The van der Waals surface area contributed by atoms with Crippen LogP contribution in [-0.4, -0.2) is 57.7 Å². The minimum atomic E-state index is -0.257. The molecule has 0 atom stereocenters. The number of rotatable bonds is 3. The maximum atomic E-state index is 13.4. The smallest absolute Gasteiger partial charge is 0.162 e. The van der Waals surface area contributed by atoms with E-state index in [1.54, 1.807) is 12.1 Å². The number of aromatic amines is 1. The second kappa shape index (κ2) is 7.46. The third-order valence-corrected chi connectivity index (χ3v) is 6.25. The van der Waals surface area contributed by atoms with Crippen molar-refractivity contribution >= 4 is 22.4 Å². The SMILES string of the molecule is CN1CCN(c2cc(-c3ccc4cc[nH]c4c3)c3nc(-c4ccc(F)cc4)cn3n2)CC1. The van der Waals surface area contributed by atoms with Crippen molar-refractivity contribution in [1.29, 1.82) is 0 Å². The molecular formula is C25H23FN6. The Bertz CT molecular complexity index is 1410. The molecule has 0 unspecified atom stereocenters. The van der Waals surface area contributed by atoms with Crippen molar-refractivity contribution in [3.63, 3.8) is 0 Å². The molecule has 1 aliphatic heterocycles. The van der Waals surface area contributed by atoms with Crippen molar-refractivity contribution in [2.75, 3.05) is 38.1 Å². The van der Waals surface area contributed by atoms with Gasteiger partial charge in [-0.05, 0) is 60.5 Å². The molecule has 3 aromatic heterocycles. The Labute approximate surface area is 184 Å². The molecule has 1 N–H and O–H groups in total. The van der Waals surface area contributed by atoms with Gasteiger partial charge in [0.2, 0.25) is 0 Å². The highest BCUT2D eigenvalue weighted by atomic mass is 19.1. The van der Waals surface area contributed by atoms with Gasteiger partial charge in [0.05, 0.1) is 11.9 Å². The Morgan fingerprint density at radius 2 is 1.69 bits per heavy atom. The molecule has 5 aromatic rings. The van der Waals surface area contributed by atoms with Crippen LogP contribution >= 0.6 is 0 Å². The lowest BCUT2D eigenvalue weighted by molar-refractivity contribution is 0.311. The topological polar surface area (TPSA) is 52.5 Å². The highest BCUT2D eigenvalue weighted by Gasteiger charge is 2.19. The molecule has 0 spiro atoms. The first-order chi connectivity index (χ1) is 15.6.